The lowest BCUT2D eigenvalue weighted by Gasteiger charge is -1.99. The molecule has 1 heterocycles. The van der Waals surface area contributed by atoms with Crippen LogP contribution in [0.3, 0.4) is 0 Å². The topological polar surface area (TPSA) is 49.7 Å². The van der Waals surface area contributed by atoms with Crippen molar-refractivity contribution in [2.75, 3.05) is 0 Å². The van der Waals surface area contributed by atoms with Gasteiger partial charge in [0.25, 0.3) is 0 Å². The fourth-order valence-corrected chi connectivity index (χ4v) is 1.97. The third-order valence-corrected chi connectivity index (χ3v) is 2.72. The smallest absolute Gasteiger partial charge is 0.450 e. The highest BCUT2D eigenvalue weighted by Crippen LogP contribution is 2.14. The van der Waals surface area contributed by atoms with Crippen LogP contribution in [0.1, 0.15) is 0 Å². The molecule has 1 rings (SSSR count). The molecular weight excluding hydrogens is 230 g/mol. The van der Waals surface area contributed by atoms with Crippen molar-refractivity contribution in [1.82, 2.24) is 0 Å². The third kappa shape index (κ3) is 2.61. The summed E-state index contributed by atoms with van der Waals surface area (Å²) >= 11 is 4.61. The first-order chi connectivity index (χ1) is 5.24. The van der Waals surface area contributed by atoms with Gasteiger partial charge in [-0.1, -0.05) is 6.07 Å². The normalized spacial score (nSPS) is 9.73. The first kappa shape index (κ1) is 9.28. The van der Waals surface area contributed by atoms with E-state index in [9.17, 15) is 0 Å². The average Bonchev–Trinajstić information content (AvgIpc) is 2.36. The van der Waals surface area contributed by atoms with Crippen LogP contribution >= 0.6 is 27.3 Å². The molecule has 3 nitrogen and oxygen atoms in total. The van der Waals surface area contributed by atoms with Crippen molar-refractivity contribution >= 4 is 46.8 Å². The van der Waals surface area contributed by atoms with E-state index in [1.54, 1.807) is 6.07 Å². The van der Waals surface area contributed by atoms with Gasteiger partial charge in [0, 0.05) is 4.78 Å². The van der Waals surface area contributed by atoms with Crippen molar-refractivity contribution in [3.05, 3.63) is 15.9 Å². The van der Waals surface area contributed by atoms with Gasteiger partial charge in [0.15, 0.2) is 0 Å². The van der Waals surface area contributed by atoms with E-state index in [2.05, 4.69) is 20.5 Å². The lowest BCUT2D eigenvalue weighted by atomic mass is 9.87. The molecule has 0 spiro atoms. The molecule has 0 fully saturated rings. The van der Waals surface area contributed by atoms with Gasteiger partial charge in [-0.05, 0) is 22.0 Å². The van der Waals surface area contributed by atoms with Gasteiger partial charge in [-0.25, -0.2) is 0 Å². The molecule has 1 aromatic rings. The van der Waals surface area contributed by atoms with Crippen LogP contribution in [0.25, 0.3) is 0 Å². The molecule has 0 bridgehead atoms. The number of hydrogen-bond acceptors (Lipinski definition) is 4. The van der Waals surface area contributed by atoms with Gasteiger partial charge < -0.3 is 14.6 Å². The summed E-state index contributed by atoms with van der Waals surface area (Å²) in [6.45, 7) is 0. The molecule has 0 saturated carbocycles. The Labute approximate surface area is 77.6 Å². The zero-order valence-corrected chi connectivity index (χ0v) is 7.93. The van der Waals surface area contributed by atoms with Crippen molar-refractivity contribution in [3.8, 4) is 0 Å². The summed E-state index contributed by atoms with van der Waals surface area (Å²) in [4.78, 5) is 0. The van der Waals surface area contributed by atoms with Gasteiger partial charge in [-0.3, -0.25) is 0 Å². The van der Waals surface area contributed by atoms with Gasteiger partial charge in [0.2, 0.25) is 0 Å². The zero-order chi connectivity index (χ0) is 8.27. The summed E-state index contributed by atoms with van der Waals surface area (Å²) in [5.41, 5.74) is 0. The van der Waals surface area contributed by atoms with Crippen molar-refractivity contribution in [2.24, 2.45) is 0 Å². The van der Waals surface area contributed by atoms with Crippen LogP contribution in [-0.2, 0) is 4.57 Å². The summed E-state index contributed by atoms with van der Waals surface area (Å²) in [6, 6.07) is 3.54. The van der Waals surface area contributed by atoms with Crippen LogP contribution in [0.4, 0.5) is 0 Å². The van der Waals surface area contributed by atoms with E-state index in [0.717, 1.165) is 3.79 Å². The van der Waals surface area contributed by atoms with Crippen LogP contribution in [0.15, 0.2) is 15.9 Å². The molecule has 58 valence electrons. The molecule has 11 heavy (non-hydrogen) atoms. The molecule has 1 aromatic heterocycles. The van der Waals surface area contributed by atoms with Crippen molar-refractivity contribution in [3.63, 3.8) is 0 Å². The van der Waals surface area contributed by atoms with Gasteiger partial charge in [0.05, 0.1) is 3.79 Å². The van der Waals surface area contributed by atoms with Crippen molar-refractivity contribution < 1.29 is 14.6 Å². The summed E-state index contributed by atoms with van der Waals surface area (Å²) < 4.78 is 6.14. The van der Waals surface area contributed by atoms with E-state index < -0.39 is 14.8 Å². The first-order valence-electron chi connectivity index (χ1n) is 2.90. The molecule has 0 radical (unpaired) electrons. The first-order valence-corrected chi connectivity index (χ1v) is 4.50. The number of thiophene rings is 1. The van der Waals surface area contributed by atoms with E-state index in [0.29, 0.717) is 4.78 Å². The maximum Gasteiger partial charge on any atom is 0.487 e. The number of rotatable bonds is 3. The third-order valence-electron chi connectivity index (χ3n) is 1.07. The lowest BCUT2D eigenvalue weighted by molar-refractivity contribution is 0.394. The molecular formula is C4H5B2BrO3S. The maximum atomic E-state index is 9.14. The molecule has 0 aliphatic rings. The molecule has 0 aliphatic heterocycles. The fraction of sp³-hybridized carbons (Fsp3) is 0. The Hall–Kier alpha value is 0.190. The van der Waals surface area contributed by atoms with Crippen LogP contribution in [0, 0.1) is 0 Å². The largest absolute Gasteiger partial charge is 0.487 e. The molecule has 0 amide bonds. The van der Waals surface area contributed by atoms with E-state index in [1.807, 2.05) is 6.07 Å². The molecule has 2 N–H and O–H groups in total. The highest BCUT2D eigenvalue weighted by atomic mass is 79.9. The van der Waals surface area contributed by atoms with Crippen molar-refractivity contribution in [2.45, 2.75) is 0 Å². The Morgan fingerprint density at radius 2 is 2.36 bits per heavy atom. The van der Waals surface area contributed by atoms with Gasteiger partial charge >= 0.3 is 14.8 Å². The molecule has 0 unspecified atom stereocenters. The van der Waals surface area contributed by atoms with Crippen LogP contribution in [-0.4, -0.2) is 24.9 Å². The predicted molar refractivity (Wildman–Crippen MR) is 50.1 cm³/mol. The predicted octanol–water partition coefficient (Wildman–Crippen LogP) is -0.526. The van der Waals surface area contributed by atoms with E-state index in [-0.39, 0.29) is 0 Å². The fourth-order valence-electron chi connectivity index (χ4n) is 0.614. The van der Waals surface area contributed by atoms with E-state index in [1.165, 1.54) is 11.3 Å². The number of hydrogen-bond donors (Lipinski definition) is 2. The molecule has 0 aromatic carbocycles. The Bertz CT molecular complexity index is 231. The second-order valence-corrected chi connectivity index (χ2v) is 4.28. The maximum absolute atomic E-state index is 9.14. The minimum absolute atomic E-state index is 0.476. The van der Waals surface area contributed by atoms with E-state index >= 15 is 0 Å². The molecule has 7 heteroatoms. The van der Waals surface area contributed by atoms with Crippen LogP contribution < -0.4 is 4.78 Å². The molecule has 0 atom stereocenters. The summed E-state index contributed by atoms with van der Waals surface area (Å²) in [6.07, 6.45) is 0. The monoisotopic (exact) mass is 234 g/mol. The Morgan fingerprint density at radius 1 is 1.64 bits per heavy atom. The Morgan fingerprint density at radius 3 is 2.82 bits per heavy atom. The molecule has 0 aliphatic carbocycles. The Kier molecular flexibility index (Phi) is 3.61. The quantitative estimate of drug-likeness (QED) is 0.692. The van der Waals surface area contributed by atoms with Crippen molar-refractivity contribution in [1.29, 1.82) is 0 Å². The standard InChI is InChI=1S/C4H5B2BrO3S/c7-4-2-1-3(11-4)6(9)10-5-8/h1-2,5,8-9H. The highest BCUT2D eigenvalue weighted by molar-refractivity contribution is 9.11. The Balaban J connectivity index is 2.60. The van der Waals surface area contributed by atoms with Crippen LogP contribution in [0.5, 0.6) is 0 Å². The number of halogens is 1. The zero-order valence-electron chi connectivity index (χ0n) is 5.53. The SMILES string of the molecule is OBOB(O)c1ccc(Br)s1. The van der Waals surface area contributed by atoms with Crippen LogP contribution in [0.2, 0.25) is 0 Å². The second-order valence-electron chi connectivity index (χ2n) is 1.79. The lowest BCUT2D eigenvalue weighted by Crippen LogP contribution is -2.32. The van der Waals surface area contributed by atoms with Gasteiger partial charge in [0.1, 0.15) is 0 Å². The summed E-state index contributed by atoms with van der Waals surface area (Å²) in [7, 11) is -1.49. The van der Waals surface area contributed by atoms with Gasteiger partial charge in [-0.15, -0.1) is 11.3 Å². The van der Waals surface area contributed by atoms with Gasteiger partial charge in [-0.2, -0.15) is 0 Å². The van der Waals surface area contributed by atoms with E-state index in [4.69, 9.17) is 10.0 Å². The highest BCUT2D eigenvalue weighted by Gasteiger charge is 2.17. The minimum atomic E-state index is -1.02. The second kappa shape index (κ2) is 4.27. The summed E-state index contributed by atoms with van der Waals surface area (Å²) in [5.74, 6) is 0. The summed E-state index contributed by atoms with van der Waals surface area (Å²) in [5, 5.41) is 17.5. The average molecular weight is 235 g/mol. The molecule has 0 saturated heterocycles. The minimum Gasteiger partial charge on any atom is -0.450 e.